The van der Waals surface area contributed by atoms with Crippen LogP contribution in [0.5, 0.6) is 0 Å². The van der Waals surface area contributed by atoms with Crippen LogP contribution < -0.4 is 0 Å². The fourth-order valence-electron chi connectivity index (χ4n) is 1.18. The molecule has 0 aliphatic rings. The molecule has 0 amide bonds. The predicted octanol–water partition coefficient (Wildman–Crippen LogP) is 1.49. The van der Waals surface area contributed by atoms with E-state index in [1.54, 1.807) is 0 Å². The van der Waals surface area contributed by atoms with Gasteiger partial charge in [-0.3, -0.25) is 4.98 Å². The first kappa shape index (κ1) is 12.2. The Morgan fingerprint density at radius 1 is 1.44 bits per heavy atom. The predicted molar refractivity (Wildman–Crippen MR) is 56.0 cm³/mol. The SMILES string of the molecule is CCCC(OC(=O)c1ccncc1)C(=O)O. The molecule has 0 bridgehead atoms. The van der Waals surface area contributed by atoms with Gasteiger partial charge in [-0.25, -0.2) is 9.59 Å². The van der Waals surface area contributed by atoms with Crippen LogP contribution in [0.15, 0.2) is 24.5 Å². The Labute approximate surface area is 93.1 Å². The first-order chi connectivity index (χ1) is 7.65. The van der Waals surface area contributed by atoms with Crippen molar-refractivity contribution >= 4 is 11.9 Å². The number of hydrogen-bond donors (Lipinski definition) is 1. The van der Waals surface area contributed by atoms with Crippen LogP contribution in [0.1, 0.15) is 30.1 Å². The summed E-state index contributed by atoms with van der Waals surface area (Å²) in [5.74, 6) is -1.76. The van der Waals surface area contributed by atoms with E-state index in [0.29, 0.717) is 18.4 Å². The lowest BCUT2D eigenvalue weighted by Crippen LogP contribution is -2.26. The molecule has 1 rings (SSSR count). The maximum Gasteiger partial charge on any atom is 0.345 e. The third-order valence-electron chi connectivity index (χ3n) is 1.99. The maximum atomic E-state index is 11.5. The van der Waals surface area contributed by atoms with E-state index in [4.69, 9.17) is 9.84 Å². The molecule has 0 aliphatic carbocycles. The second kappa shape index (κ2) is 5.85. The molecule has 1 unspecified atom stereocenters. The quantitative estimate of drug-likeness (QED) is 0.765. The van der Waals surface area contributed by atoms with E-state index < -0.39 is 18.0 Å². The Hall–Kier alpha value is -1.91. The number of hydrogen-bond acceptors (Lipinski definition) is 4. The largest absolute Gasteiger partial charge is 0.479 e. The van der Waals surface area contributed by atoms with Crippen LogP contribution in [0.3, 0.4) is 0 Å². The van der Waals surface area contributed by atoms with E-state index in [9.17, 15) is 9.59 Å². The summed E-state index contributed by atoms with van der Waals surface area (Å²) in [5.41, 5.74) is 0.303. The van der Waals surface area contributed by atoms with Crippen LogP contribution in [0.2, 0.25) is 0 Å². The zero-order valence-corrected chi connectivity index (χ0v) is 8.92. The Balaban J connectivity index is 2.65. The van der Waals surface area contributed by atoms with Gasteiger partial charge in [0.25, 0.3) is 0 Å². The van der Waals surface area contributed by atoms with E-state index in [-0.39, 0.29) is 0 Å². The number of aliphatic carboxylic acids is 1. The van der Waals surface area contributed by atoms with Crippen LogP contribution in [0, 0.1) is 0 Å². The number of ether oxygens (including phenoxy) is 1. The fraction of sp³-hybridized carbons (Fsp3) is 0.364. The molecule has 0 fully saturated rings. The van der Waals surface area contributed by atoms with Gasteiger partial charge >= 0.3 is 11.9 Å². The Morgan fingerprint density at radius 3 is 2.56 bits per heavy atom. The summed E-state index contributed by atoms with van der Waals surface area (Å²) in [7, 11) is 0. The molecule has 1 atom stereocenters. The number of carboxylic acid groups (broad SMARTS) is 1. The number of carbonyl (C=O) groups is 2. The molecule has 86 valence electrons. The third-order valence-corrected chi connectivity index (χ3v) is 1.99. The fourth-order valence-corrected chi connectivity index (χ4v) is 1.18. The van der Waals surface area contributed by atoms with Gasteiger partial charge in [0, 0.05) is 12.4 Å². The van der Waals surface area contributed by atoms with Crippen LogP contribution in [0.25, 0.3) is 0 Å². The molecule has 0 aromatic carbocycles. The van der Waals surface area contributed by atoms with Crippen molar-refractivity contribution in [2.75, 3.05) is 0 Å². The summed E-state index contributed by atoms with van der Waals surface area (Å²) in [5, 5.41) is 8.81. The second-order valence-corrected chi connectivity index (χ2v) is 3.26. The van der Waals surface area contributed by atoms with E-state index in [0.717, 1.165) is 0 Å². The summed E-state index contributed by atoms with van der Waals surface area (Å²) < 4.78 is 4.87. The Kier molecular flexibility index (Phi) is 4.44. The van der Waals surface area contributed by atoms with Gasteiger partial charge in [-0.1, -0.05) is 13.3 Å². The lowest BCUT2D eigenvalue weighted by atomic mass is 10.2. The molecule has 0 saturated heterocycles. The molecule has 5 heteroatoms. The van der Waals surface area contributed by atoms with Gasteiger partial charge in [0.05, 0.1) is 5.56 Å². The highest BCUT2D eigenvalue weighted by atomic mass is 16.6. The average Bonchev–Trinajstić information content (AvgIpc) is 2.29. The molecule has 1 aromatic heterocycles. The minimum absolute atomic E-state index is 0.303. The zero-order chi connectivity index (χ0) is 12.0. The number of carboxylic acids is 1. The molecule has 0 radical (unpaired) electrons. The molecule has 0 saturated carbocycles. The van der Waals surface area contributed by atoms with Gasteiger partial charge in [0.1, 0.15) is 0 Å². The summed E-state index contributed by atoms with van der Waals surface area (Å²) in [6, 6.07) is 2.96. The van der Waals surface area contributed by atoms with Gasteiger partial charge < -0.3 is 9.84 Å². The number of pyridine rings is 1. The minimum Gasteiger partial charge on any atom is -0.479 e. The molecule has 0 spiro atoms. The molecule has 1 N–H and O–H groups in total. The van der Waals surface area contributed by atoms with Gasteiger partial charge in [-0.15, -0.1) is 0 Å². The van der Waals surface area contributed by atoms with Crippen molar-refractivity contribution < 1.29 is 19.4 Å². The lowest BCUT2D eigenvalue weighted by molar-refractivity contribution is -0.147. The van der Waals surface area contributed by atoms with Crippen molar-refractivity contribution in [2.45, 2.75) is 25.9 Å². The molecular weight excluding hydrogens is 210 g/mol. The van der Waals surface area contributed by atoms with Crippen molar-refractivity contribution in [3.63, 3.8) is 0 Å². The first-order valence-electron chi connectivity index (χ1n) is 4.99. The average molecular weight is 223 g/mol. The number of nitrogens with zero attached hydrogens (tertiary/aromatic N) is 1. The summed E-state index contributed by atoms with van der Waals surface area (Å²) in [6.45, 7) is 1.83. The Morgan fingerprint density at radius 2 is 2.06 bits per heavy atom. The second-order valence-electron chi connectivity index (χ2n) is 3.26. The van der Waals surface area contributed by atoms with E-state index >= 15 is 0 Å². The van der Waals surface area contributed by atoms with Gasteiger partial charge in [0.2, 0.25) is 0 Å². The molecule has 16 heavy (non-hydrogen) atoms. The van der Waals surface area contributed by atoms with Crippen LogP contribution in [-0.4, -0.2) is 28.1 Å². The summed E-state index contributed by atoms with van der Waals surface area (Å²) in [4.78, 5) is 26.0. The molecule has 1 heterocycles. The van der Waals surface area contributed by atoms with Crippen molar-refractivity contribution in [1.82, 2.24) is 4.98 Å². The molecule has 1 aromatic rings. The van der Waals surface area contributed by atoms with Crippen molar-refractivity contribution in [3.05, 3.63) is 30.1 Å². The Bertz CT molecular complexity index is 364. The van der Waals surface area contributed by atoms with E-state index in [1.807, 2.05) is 6.92 Å². The number of carbonyl (C=O) groups excluding carboxylic acids is 1. The van der Waals surface area contributed by atoms with Crippen LogP contribution in [0.4, 0.5) is 0 Å². The smallest absolute Gasteiger partial charge is 0.345 e. The highest BCUT2D eigenvalue weighted by Crippen LogP contribution is 2.07. The van der Waals surface area contributed by atoms with Gasteiger partial charge in [-0.2, -0.15) is 0 Å². The standard InChI is InChI=1S/C11H13NO4/c1-2-3-9(10(13)14)16-11(15)8-4-6-12-7-5-8/h4-7,9H,2-3H2,1H3,(H,13,14). The highest BCUT2D eigenvalue weighted by Gasteiger charge is 2.21. The zero-order valence-electron chi connectivity index (χ0n) is 8.92. The molecule has 0 aliphatic heterocycles. The lowest BCUT2D eigenvalue weighted by Gasteiger charge is -2.12. The number of rotatable bonds is 5. The van der Waals surface area contributed by atoms with Crippen LogP contribution >= 0.6 is 0 Å². The highest BCUT2D eigenvalue weighted by molar-refractivity contribution is 5.91. The van der Waals surface area contributed by atoms with E-state index in [1.165, 1.54) is 24.5 Å². The topological polar surface area (TPSA) is 76.5 Å². The van der Waals surface area contributed by atoms with Crippen molar-refractivity contribution in [2.24, 2.45) is 0 Å². The normalized spacial score (nSPS) is 11.8. The molecular formula is C11H13NO4. The maximum absolute atomic E-state index is 11.5. The summed E-state index contributed by atoms with van der Waals surface area (Å²) in [6.07, 6.45) is 2.77. The first-order valence-corrected chi connectivity index (χ1v) is 4.99. The monoisotopic (exact) mass is 223 g/mol. The number of esters is 1. The summed E-state index contributed by atoms with van der Waals surface area (Å²) >= 11 is 0. The van der Waals surface area contributed by atoms with Crippen LogP contribution in [-0.2, 0) is 9.53 Å². The minimum atomic E-state index is -1.12. The third kappa shape index (κ3) is 3.34. The molecule has 5 nitrogen and oxygen atoms in total. The van der Waals surface area contributed by atoms with Gasteiger partial charge in [0.15, 0.2) is 6.10 Å². The number of aromatic nitrogens is 1. The van der Waals surface area contributed by atoms with Gasteiger partial charge in [-0.05, 0) is 18.6 Å². The van der Waals surface area contributed by atoms with Crippen molar-refractivity contribution in [1.29, 1.82) is 0 Å². The van der Waals surface area contributed by atoms with E-state index in [2.05, 4.69) is 4.98 Å². The van der Waals surface area contributed by atoms with Crippen molar-refractivity contribution in [3.8, 4) is 0 Å².